The Hall–Kier alpha value is -1.51. The first-order valence-corrected chi connectivity index (χ1v) is 10.5. The number of methoxy groups -OCH3 is 1. The second kappa shape index (κ2) is 8.45. The summed E-state index contributed by atoms with van der Waals surface area (Å²) in [4.78, 5) is 25.7. The second-order valence-corrected chi connectivity index (χ2v) is 8.77. The van der Waals surface area contributed by atoms with E-state index in [0.29, 0.717) is 31.0 Å². The molecule has 1 aliphatic rings. The predicted octanol–water partition coefficient (Wildman–Crippen LogP) is 2.17. The van der Waals surface area contributed by atoms with Crippen molar-refractivity contribution in [1.82, 2.24) is 4.90 Å². The van der Waals surface area contributed by atoms with E-state index < -0.39 is 10.0 Å². The summed E-state index contributed by atoms with van der Waals surface area (Å²) in [5, 5.41) is 0.490. The fraction of sp³-hybridized carbons (Fsp3) is 0.500. The minimum atomic E-state index is -3.70. The van der Waals surface area contributed by atoms with Crippen LogP contribution in [-0.4, -0.2) is 58.2 Å². The molecule has 26 heavy (non-hydrogen) atoms. The number of hydrogen-bond acceptors (Lipinski definition) is 5. The molecule has 0 spiro atoms. The van der Waals surface area contributed by atoms with Gasteiger partial charge in [-0.1, -0.05) is 23.2 Å². The van der Waals surface area contributed by atoms with Crippen LogP contribution in [0.2, 0.25) is 10.0 Å². The highest BCUT2D eigenvalue weighted by atomic mass is 35.5. The third kappa shape index (κ3) is 5.02. The number of nitrogens with zero attached hydrogens (tertiary/aromatic N) is 2. The van der Waals surface area contributed by atoms with Crippen molar-refractivity contribution < 1.29 is 22.7 Å². The SMILES string of the molecule is COC(=O)C1CCN(C(=O)CN(c2ccc(Cl)c(Cl)c2)S(C)(=O)=O)CC1. The van der Waals surface area contributed by atoms with Gasteiger partial charge >= 0.3 is 5.97 Å². The lowest BCUT2D eigenvalue weighted by Crippen LogP contribution is -2.46. The number of carbonyl (C=O) groups excluding carboxylic acids is 2. The second-order valence-electron chi connectivity index (χ2n) is 6.05. The van der Waals surface area contributed by atoms with Crippen LogP contribution in [0.4, 0.5) is 5.69 Å². The molecule has 0 aliphatic carbocycles. The summed E-state index contributed by atoms with van der Waals surface area (Å²) in [6, 6.07) is 4.37. The number of hydrogen-bond donors (Lipinski definition) is 0. The highest BCUT2D eigenvalue weighted by Gasteiger charge is 2.30. The summed E-state index contributed by atoms with van der Waals surface area (Å²) in [7, 11) is -2.37. The molecule has 0 radical (unpaired) electrons. The molecule has 1 aliphatic heterocycles. The van der Waals surface area contributed by atoms with Gasteiger partial charge in [0, 0.05) is 13.1 Å². The van der Waals surface area contributed by atoms with Gasteiger partial charge in [0.05, 0.1) is 35.0 Å². The Bertz CT molecular complexity index is 792. The summed E-state index contributed by atoms with van der Waals surface area (Å²) in [5.74, 6) is -0.861. The molecule has 1 aromatic carbocycles. The maximum absolute atomic E-state index is 12.6. The molecule has 1 heterocycles. The zero-order valence-corrected chi connectivity index (χ0v) is 16.8. The van der Waals surface area contributed by atoms with Crippen LogP contribution in [0.15, 0.2) is 18.2 Å². The van der Waals surface area contributed by atoms with Crippen molar-refractivity contribution in [1.29, 1.82) is 0 Å². The first-order valence-electron chi connectivity index (χ1n) is 7.92. The molecule has 144 valence electrons. The molecule has 0 atom stereocenters. The van der Waals surface area contributed by atoms with Crippen molar-refractivity contribution in [2.75, 3.05) is 37.3 Å². The monoisotopic (exact) mass is 422 g/mol. The number of amides is 1. The van der Waals surface area contributed by atoms with E-state index in [0.717, 1.165) is 10.6 Å². The molecule has 7 nitrogen and oxygen atoms in total. The van der Waals surface area contributed by atoms with E-state index >= 15 is 0 Å². The van der Waals surface area contributed by atoms with Gasteiger partial charge in [-0.3, -0.25) is 13.9 Å². The zero-order chi connectivity index (χ0) is 19.5. The maximum atomic E-state index is 12.6. The summed E-state index contributed by atoms with van der Waals surface area (Å²) in [6.45, 7) is 0.398. The Morgan fingerprint density at radius 3 is 2.35 bits per heavy atom. The van der Waals surface area contributed by atoms with Crippen molar-refractivity contribution >= 4 is 50.8 Å². The Morgan fingerprint density at radius 1 is 1.23 bits per heavy atom. The van der Waals surface area contributed by atoms with Crippen LogP contribution in [0.25, 0.3) is 0 Å². The van der Waals surface area contributed by atoms with Gasteiger partial charge in [0.15, 0.2) is 0 Å². The maximum Gasteiger partial charge on any atom is 0.308 e. The van der Waals surface area contributed by atoms with Crippen LogP contribution in [0.5, 0.6) is 0 Å². The molecule has 0 aromatic heterocycles. The summed E-state index contributed by atoms with van der Waals surface area (Å²) in [5.41, 5.74) is 0.264. The number of sulfonamides is 1. The first kappa shape index (κ1) is 20.8. The normalized spacial score (nSPS) is 15.6. The molecule has 0 saturated carbocycles. The van der Waals surface area contributed by atoms with Crippen molar-refractivity contribution in [2.45, 2.75) is 12.8 Å². The first-order chi connectivity index (χ1) is 12.1. The van der Waals surface area contributed by atoms with Gasteiger partial charge in [-0.05, 0) is 31.0 Å². The molecule has 1 fully saturated rings. The molecular weight excluding hydrogens is 403 g/mol. The summed E-state index contributed by atoms with van der Waals surface area (Å²) >= 11 is 11.8. The molecule has 0 N–H and O–H groups in total. The van der Waals surface area contributed by atoms with E-state index in [2.05, 4.69) is 0 Å². The van der Waals surface area contributed by atoms with Crippen LogP contribution in [0.1, 0.15) is 12.8 Å². The van der Waals surface area contributed by atoms with Gasteiger partial charge in [-0.2, -0.15) is 0 Å². The van der Waals surface area contributed by atoms with Gasteiger partial charge in [0.1, 0.15) is 6.54 Å². The number of piperidine rings is 1. The van der Waals surface area contributed by atoms with E-state index in [1.165, 1.54) is 25.3 Å². The highest BCUT2D eigenvalue weighted by molar-refractivity contribution is 7.92. The van der Waals surface area contributed by atoms with E-state index in [1.807, 2.05) is 0 Å². The van der Waals surface area contributed by atoms with E-state index in [4.69, 9.17) is 27.9 Å². The Morgan fingerprint density at radius 2 is 1.85 bits per heavy atom. The Balaban J connectivity index is 2.11. The summed E-state index contributed by atoms with van der Waals surface area (Å²) in [6.07, 6.45) is 2.00. The molecular formula is C16H20Cl2N2O5S. The number of anilines is 1. The smallest absolute Gasteiger partial charge is 0.308 e. The quantitative estimate of drug-likeness (QED) is 0.678. The average molecular weight is 423 g/mol. The van der Waals surface area contributed by atoms with Crippen molar-refractivity contribution in [2.24, 2.45) is 5.92 Å². The minimum Gasteiger partial charge on any atom is -0.469 e. The number of carbonyl (C=O) groups is 2. The molecule has 0 bridgehead atoms. The Kier molecular flexibility index (Phi) is 6.76. The minimum absolute atomic E-state index is 0.198. The molecule has 0 unspecified atom stereocenters. The topological polar surface area (TPSA) is 84.0 Å². The van der Waals surface area contributed by atoms with Gasteiger partial charge in [-0.15, -0.1) is 0 Å². The molecule has 1 amide bonds. The van der Waals surface area contributed by atoms with Gasteiger partial charge < -0.3 is 9.64 Å². The van der Waals surface area contributed by atoms with Crippen LogP contribution >= 0.6 is 23.2 Å². The summed E-state index contributed by atoms with van der Waals surface area (Å²) < 4.78 is 30.0. The van der Waals surface area contributed by atoms with E-state index in [9.17, 15) is 18.0 Å². The van der Waals surface area contributed by atoms with Crippen molar-refractivity contribution in [3.05, 3.63) is 28.2 Å². The van der Waals surface area contributed by atoms with Gasteiger partial charge in [0.25, 0.3) is 0 Å². The van der Waals surface area contributed by atoms with E-state index in [-0.39, 0.29) is 35.0 Å². The number of esters is 1. The molecule has 1 aromatic rings. The number of rotatable bonds is 5. The van der Waals surface area contributed by atoms with Crippen LogP contribution in [0.3, 0.4) is 0 Å². The van der Waals surface area contributed by atoms with Crippen molar-refractivity contribution in [3.8, 4) is 0 Å². The lowest BCUT2D eigenvalue weighted by Gasteiger charge is -2.32. The van der Waals surface area contributed by atoms with Crippen LogP contribution in [-0.2, 0) is 24.3 Å². The molecule has 10 heteroatoms. The Labute approximate surface area is 162 Å². The number of likely N-dealkylation sites (tertiary alicyclic amines) is 1. The fourth-order valence-electron chi connectivity index (χ4n) is 2.79. The lowest BCUT2D eigenvalue weighted by atomic mass is 9.97. The highest BCUT2D eigenvalue weighted by Crippen LogP contribution is 2.28. The van der Waals surface area contributed by atoms with Gasteiger partial charge in [-0.25, -0.2) is 8.42 Å². The average Bonchev–Trinajstić information content (AvgIpc) is 2.60. The molecule has 2 rings (SSSR count). The predicted molar refractivity (Wildman–Crippen MR) is 100.0 cm³/mol. The van der Waals surface area contributed by atoms with Crippen molar-refractivity contribution in [3.63, 3.8) is 0 Å². The van der Waals surface area contributed by atoms with Crippen LogP contribution < -0.4 is 4.31 Å². The largest absolute Gasteiger partial charge is 0.469 e. The number of ether oxygens (including phenoxy) is 1. The third-order valence-electron chi connectivity index (χ3n) is 4.25. The fourth-order valence-corrected chi connectivity index (χ4v) is 3.93. The third-order valence-corrected chi connectivity index (χ3v) is 6.13. The van der Waals surface area contributed by atoms with Crippen LogP contribution in [0, 0.1) is 5.92 Å². The van der Waals surface area contributed by atoms with Gasteiger partial charge in [0.2, 0.25) is 15.9 Å². The molecule has 1 saturated heterocycles. The number of halogens is 2. The lowest BCUT2D eigenvalue weighted by molar-refractivity contribution is -0.148. The number of benzene rings is 1. The van der Waals surface area contributed by atoms with E-state index in [1.54, 1.807) is 4.90 Å². The zero-order valence-electron chi connectivity index (χ0n) is 14.4. The standard InChI is InChI=1S/C16H20Cl2N2O5S/c1-25-16(22)11-5-7-19(8-6-11)15(21)10-20(26(2,23)24)12-3-4-13(17)14(18)9-12/h3-4,9,11H,5-8,10H2,1-2H3.